The molecule has 4 rings (SSSR count). The highest BCUT2D eigenvalue weighted by molar-refractivity contribution is 7.95. The molecule has 0 fully saturated rings. The van der Waals surface area contributed by atoms with Crippen molar-refractivity contribution in [1.82, 2.24) is 5.16 Å². The first-order valence-electron chi connectivity index (χ1n) is 9.91. The van der Waals surface area contributed by atoms with Crippen LogP contribution in [0.5, 0.6) is 0 Å². The van der Waals surface area contributed by atoms with Gasteiger partial charge in [0.2, 0.25) is 0 Å². The van der Waals surface area contributed by atoms with Gasteiger partial charge < -0.3 is 9.26 Å². The fourth-order valence-electron chi connectivity index (χ4n) is 3.69. The van der Waals surface area contributed by atoms with E-state index in [1.165, 1.54) is 15.9 Å². The van der Waals surface area contributed by atoms with Crippen LogP contribution in [0.1, 0.15) is 23.2 Å². The van der Waals surface area contributed by atoms with Crippen LogP contribution in [0.25, 0.3) is 0 Å². The largest absolute Gasteiger partial charge is 0.461 e. The Kier molecular flexibility index (Phi) is 6.06. The Bertz CT molecular complexity index is 998. The van der Waals surface area contributed by atoms with Crippen LogP contribution < -0.4 is 15.9 Å². The molecule has 4 aromatic rings. The summed E-state index contributed by atoms with van der Waals surface area (Å²) in [5.74, 6) is 0.207. The highest BCUT2D eigenvalue weighted by Crippen LogP contribution is 2.58. The lowest BCUT2D eigenvalue weighted by Gasteiger charge is -2.26. The minimum atomic E-state index is -2.09. The number of carbonyl (C=O) groups excluding carboxylic acids is 1. The summed E-state index contributed by atoms with van der Waals surface area (Å²) in [6.45, 7) is 2.08. The first-order chi connectivity index (χ1) is 14.7. The third-order valence-electron chi connectivity index (χ3n) is 5.03. The molecule has 0 amide bonds. The zero-order valence-corrected chi connectivity index (χ0v) is 17.7. The molecular weight excluding hydrogens is 393 g/mol. The fourth-order valence-corrected chi connectivity index (χ4v) is 7.79. The van der Waals surface area contributed by atoms with E-state index >= 15 is 0 Å². The Balaban J connectivity index is 1.88. The van der Waals surface area contributed by atoms with E-state index < -0.39 is 13.2 Å². The van der Waals surface area contributed by atoms with E-state index in [4.69, 9.17) is 9.26 Å². The Morgan fingerprint density at radius 2 is 1.30 bits per heavy atom. The standard InChI is InChI=1S/C25H23NO3P/c1-2-28-25(27)24-18-20(29-26-24)19-30(21-12-6-3-7-13-21,22-14-8-4-9-15-22)23-16-10-5-11-17-23/h3-18H,2,19H2,1H3/q+1. The highest BCUT2D eigenvalue weighted by Gasteiger charge is 2.46. The van der Waals surface area contributed by atoms with Crippen molar-refractivity contribution < 1.29 is 14.1 Å². The summed E-state index contributed by atoms with van der Waals surface area (Å²) >= 11 is 0. The summed E-state index contributed by atoms with van der Waals surface area (Å²) in [5.41, 5.74) is 0.208. The molecule has 3 aromatic carbocycles. The maximum absolute atomic E-state index is 12.1. The first kappa shape index (κ1) is 20.1. The van der Waals surface area contributed by atoms with Gasteiger partial charge in [-0.3, -0.25) is 0 Å². The van der Waals surface area contributed by atoms with E-state index in [9.17, 15) is 4.79 Å². The van der Waals surface area contributed by atoms with Crippen molar-refractivity contribution in [2.45, 2.75) is 13.1 Å². The molecule has 0 unspecified atom stereocenters. The number of nitrogens with zero attached hydrogens (tertiary/aromatic N) is 1. The van der Waals surface area contributed by atoms with Gasteiger partial charge in [0.25, 0.3) is 0 Å². The van der Waals surface area contributed by atoms with Crippen molar-refractivity contribution in [3.63, 3.8) is 0 Å². The molecular formula is C25H23NO3P+. The number of benzene rings is 3. The van der Waals surface area contributed by atoms with Crippen LogP contribution in [0.2, 0.25) is 0 Å². The monoisotopic (exact) mass is 416 g/mol. The second kappa shape index (κ2) is 9.06. The van der Waals surface area contributed by atoms with Crippen molar-refractivity contribution in [3.05, 3.63) is 109 Å². The average Bonchev–Trinajstić information content (AvgIpc) is 3.28. The van der Waals surface area contributed by atoms with Crippen molar-refractivity contribution >= 4 is 29.1 Å². The Hall–Kier alpha value is -3.23. The number of hydrogen-bond donors (Lipinski definition) is 0. The normalized spacial score (nSPS) is 11.2. The number of carbonyl (C=O) groups is 1. The lowest BCUT2D eigenvalue weighted by molar-refractivity contribution is 0.0514. The molecule has 0 aliphatic carbocycles. The van der Waals surface area contributed by atoms with Crippen LogP contribution in [-0.4, -0.2) is 17.7 Å². The van der Waals surface area contributed by atoms with Crippen LogP contribution >= 0.6 is 7.26 Å². The quantitative estimate of drug-likeness (QED) is 0.332. The minimum absolute atomic E-state index is 0.208. The zero-order valence-electron chi connectivity index (χ0n) is 16.8. The molecule has 150 valence electrons. The van der Waals surface area contributed by atoms with Crippen molar-refractivity contribution in [3.8, 4) is 0 Å². The van der Waals surface area contributed by atoms with Gasteiger partial charge in [-0.2, -0.15) is 0 Å². The molecule has 1 heterocycles. The van der Waals surface area contributed by atoms with Gasteiger partial charge in [0.05, 0.1) is 6.61 Å². The van der Waals surface area contributed by atoms with Gasteiger partial charge in [-0.25, -0.2) is 4.79 Å². The van der Waals surface area contributed by atoms with E-state index in [1.807, 2.05) is 18.2 Å². The predicted octanol–water partition coefficient (Wildman–Crippen LogP) is 4.35. The van der Waals surface area contributed by atoms with E-state index in [0.717, 1.165) is 0 Å². The zero-order chi connectivity index (χ0) is 20.8. The third kappa shape index (κ3) is 3.92. The second-order valence-electron chi connectivity index (χ2n) is 6.87. The Morgan fingerprint density at radius 3 is 1.73 bits per heavy atom. The van der Waals surface area contributed by atoms with Crippen LogP contribution in [0.15, 0.2) is 102 Å². The van der Waals surface area contributed by atoms with Crippen LogP contribution in [0, 0.1) is 0 Å². The van der Waals surface area contributed by atoms with E-state index in [1.54, 1.807) is 13.0 Å². The van der Waals surface area contributed by atoms with Gasteiger partial charge in [0.15, 0.2) is 11.5 Å². The van der Waals surface area contributed by atoms with E-state index in [2.05, 4.69) is 78.0 Å². The summed E-state index contributed by atoms with van der Waals surface area (Å²) < 4.78 is 10.7. The number of hydrogen-bond acceptors (Lipinski definition) is 4. The molecule has 0 N–H and O–H groups in total. The fraction of sp³-hybridized carbons (Fsp3) is 0.120. The summed E-state index contributed by atoms with van der Waals surface area (Å²) in [6.07, 6.45) is 0.622. The second-order valence-corrected chi connectivity index (χ2v) is 10.4. The van der Waals surface area contributed by atoms with Gasteiger partial charge in [0, 0.05) is 6.07 Å². The lowest BCUT2D eigenvalue weighted by Crippen LogP contribution is -2.32. The van der Waals surface area contributed by atoms with Gasteiger partial charge >= 0.3 is 5.97 Å². The number of rotatable bonds is 7. The van der Waals surface area contributed by atoms with Crippen molar-refractivity contribution in [2.24, 2.45) is 0 Å². The lowest BCUT2D eigenvalue weighted by atomic mass is 10.3. The molecule has 30 heavy (non-hydrogen) atoms. The van der Waals surface area contributed by atoms with Gasteiger partial charge in [-0.05, 0) is 43.3 Å². The van der Waals surface area contributed by atoms with Crippen molar-refractivity contribution in [1.29, 1.82) is 0 Å². The molecule has 5 heteroatoms. The van der Waals surface area contributed by atoms with Gasteiger partial charge in [0.1, 0.15) is 29.3 Å². The summed E-state index contributed by atoms with van der Waals surface area (Å²) in [5, 5.41) is 7.71. The van der Waals surface area contributed by atoms with Gasteiger partial charge in [-0.15, -0.1) is 0 Å². The molecule has 4 nitrogen and oxygen atoms in total. The maximum atomic E-state index is 12.1. The molecule has 0 saturated heterocycles. The Morgan fingerprint density at radius 1 is 0.833 bits per heavy atom. The van der Waals surface area contributed by atoms with Crippen LogP contribution in [-0.2, 0) is 10.9 Å². The summed E-state index contributed by atoms with van der Waals surface area (Å²) in [4.78, 5) is 12.1. The predicted molar refractivity (Wildman–Crippen MR) is 121 cm³/mol. The SMILES string of the molecule is CCOC(=O)c1cc(C[P+](c2ccccc2)(c2ccccc2)c2ccccc2)on1. The average molecular weight is 416 g/mol. The van der Waals surface area contributed by atoms with Gasteiger partial charge in [-0.1, -0.05) is 59.8 Å². The van der Waals surface area contributed by atoms with Crippen LogP contribution in [0.3, 0.4) is 0 Å². The molecule has 0 saturated carbocycles. The summed E-state index contributed by atoms with van der Waals surface area (Å²) in [6, 6.07) is 33.3. The van der Waals surface area contributed by atoms with E-state index in [-0.39, 0.29) is 5.69 Å². The molecule has 0 aliphatic rings. The number of esters is 1. The summed E-state index contributed by atoms with van der Waals surface area (Å²) in [7, 11) is -2.09. The van der Waals surface area contributed by atoms with Crippen LogP contribution in [0.4, 0.5) is 0 Å². The smallest absolute Gasteiger partial charge is 0.360 e. The van der Waals surface area contributed by atoms with Crippen molar-refractivity contribution in [2.75, 3.05) is 6.61 Å². The topological polar surface area (TPSA) is 52.3 Å². The van der Waals surface area contributed by atoms with E-state index in [0.29, 0.717) is 18.5 Å². The highest BCUT2D eigenvalue weighted by atomic mass is 31.2. The molecule has 0 aliphatic heterocycles. The first-order valence-corrected chi connectivity index (χ1v) is 11.9. The molecule has 0 bridgehead atoms. The minimum Gasteiger partial charge on any atom is -0.461 e. The molecule has 0 spiro atoms. The third-order valence-corrected chi connectivity index (χ3v) is 9.35. The number of ether oxygens (including phenoxy) is 1. The molecule has 0 atom stereocenters. The molecule has 1 aromatic heterocycles. The maximum Gasteiger partial charge on any atom is 0.360 e. The Labute approximate surface area is 176 Å². The molecule has 0 radical (unpaired) electrons. The number of aromatic nitrogens is 1.